The normalized spacial score (nSPS) is 11.9. The molecule has 0 heterocycles. The van der Waals surface area contributed by atoms with Gasteiger partial charge in [0.25, 0.3) is 0 Å². The molecular weight excluding hydrogens is 949 g/mol. The highest BCUT2D eigenvalue weighted by Gasteiger charge is 2.19. The molecule has 0 radical (unpaired) electrons. The van der Waals surface area contributed by atoms with Crippen LogP contribution in [-0.4, -0.2) is 37.2 Å². The molecule has 0 aromatic heterocycles. The Bertz CT molecular complexity index is 1160. The van der Waals surface area contributed by atoms with Crippen molar-refractivity contribution in [2.45, 2.75) is 425 Å². The van der Waals surface area contributed by atoms with Gasteiger partial charge in [0.15, 0.2) is 6.10 Å². The first-order valence-corrected chi connectivity index (χ1v) is 35.5. The molecule has 6 heteroatoms. The summed E-state index contributed by atoms with van der Waals surface area (Å²) in [5.74, 6) is -0.819. The van der Waals surface area contributed by atoms with Gasteiger partial charge in [0, 0.05) is 19.3 Å². The summed E-state index contributed by atoms with van der Waals surface area (Å²) in [6, 6.07) is 0. The zero-order valence-electron chi connectivity index (χ0n) is 52.8. The molecule has 0 bridgehead atoms. The molecule has 1 atom stereocenters. The zero-order chi connectivity index (χ0) is 55.7. The first-order chi connectivity index (χ1) is 38.0. The summed E-state index contributed by atoms with van der Waals surface area (Å²) in [7, 11) is 0. The third-order valence-electron chi connectivity index (χ3n) is 16.6. The van der Waals surface area contributed by atoms with Crippen molar-refractivity contribution in [2.24, 2.45) is 0 Å². The van der Waals surface area contributed by atoms with Crippen molar-refractivity contribution in [3.8, 4) is 0 Å². The van der Waals surface area contributed by atoms with E-state index in [4.69, 9.17) is 14.2 Å². The molecule has 0 aliphatic rings. The molecule has 77 heavy (non-hydrogen) atoms. The van der Waals surface area contributed by atoms with Gasteiger partial charge in [-0.25, -0.2) is 0 Å². The fourth-order valence-corrected chi connectivity index (χ4v) is 11.3. The van der Waals surface area contributed by atoms with E-state index in [0.717, 1.165) is 57.8 Å². The SMILES string of the molecule is CCCCCCCCCCCCCCCCCCCCCCCCCCC(=O)OCC(COC(=O)CCCCCCCCCCCCCCCC)OC(=O)CCCCCCCCCCCCCCCCCCCCCCC. The largest absolute Gasteiger partial charge is 0.462 e. The van der Waals surface area contributed by atoms with Crippen LogP contribution in [0.4, 0.5) is 0 Å². The second-order valence-electron chi connectivity index (χ2n) is 24.5. The van der Waals surface area contributed by atoms with Crippen LogP contribution in [0.15, 0.2) is 0 Å². The molecule has 458 valence electrons. The van der Waals surface area contributed by atoms with Crippen LogP contribution in [0.2, 0.25) is 0 Å². The van der Waals surface area contributed by atoms with Crippen molar-refractivity contribution in [3.05, 3.63) is 0 Å². The van der Waals surface area contributed by atoms with Crippen molar-refractivity contribution in [1.82, 2.24) is 0 Å². The summed E-state index contributed by atoms with van der Waals surface area (Å²) in [6.07, 6.45) is 78.5. The second kappa shape index (κ2) is 66.9. The van der Waals surface area contributed by atoms with E-state index in [2.05, 4.69) is 20.8 Å². The third-order valence-corrected chi connectivity index (χ3v) is 16.6. The van der Waals surface area contributed by atoms with Gasteiger partial charge in [-0.05, 0) is 19.3 Å². The predicted molar refractivity (Wildman–Crippen MR) is 335 cm³/mol. The Kier molecular flexibility index (Phi) is 65.5. The Labute approximate surface area is 482 Å². The third kappa shape index (κ3) is 65.1. The van der Waals surface area contributed by atoms with Crippen LogP contribution in [0.3, 0.4) is 0 Å². The van der Waals surface area contributed by atoms with Crippen molar-refractivity contribution in [3.63, 3.8) is 0 Å². The Hall–Kier alpha value is -1.59. The fraction of sp³-hybridized carbons (Fsp3) is 0.958. The first-order valence-electron chi connectivity index (χ1n) is 35.5. The standard InChI is InChI=1S/C71H138O6/c1-4-7-10-13-16-19-22-25-28-30-32-34-35-36-38-39-41-43-46-49-52-55-58-61-64-70(73)76-67-68(66-75-69(72)63-60-57-54-51-48-45-27-24-21-18-15-12-9-6-3)77-71(74)65-62-59-56-53-50-47-44-42-40-37-33-31-29-26-23-20-17-14-11-8-5-2/h68H,4-67H2,1-3H3. The van der Waals surface area contributed by atoms with E-state index in [9.17, 15) is 14.4 Å². The lowest BCUT2D eigenvalue weighted by molar-refractivity contribution is -0.167. The van der Waals surface area contributed by atoms with Gasteiger partial charge in [0.2, 0.25) is 0 Å². The van der Waals surface area contributed by atoms with Gasteiger partial charge < -0.3 is 14.2 Å². The van der Waals surface area contributed by atoms with Gasteiger partial charge in [-0.3, -0.25) is 14.4 Å². The number of ether oxygens (including phenoxy) is 3. The average molecular weight is 1090 g/mol. The van der Waals surface area contributed by atoms with Gasteiger partial charge >= 0.3 is 17.9 Å². The fourth-order valence-electron chi connectivity index (χ4n) is 11.3. The Morgan fingerprint density at radius 3 is 0.519 bits per heavy atom. The minimum Gasteiger partial charge on any atom is -0.462 e. The molecule has 0 saturated carbocycles. The molecule has 0 fully saturated rings. The molecule has 6 nitrogen and oxygen atoms in total. The maximum Gasteiger partial charge on any atom is 0.306 e. The topological polar surface area (TPSA) is 78.9 Å². The summed E-state index contributed by atoms with van der Waals surface area (Å²) in [6.45, 7) is 6.75. The quantitative estimate of drug-likeness (QED) is 0.0343. The lowest BCUT2D eigenvalue weighted by atomic mass is 10.0. The average Bonchev–Trinajstić information content (AvgIpc) is 3.43. The summed E-state index contributed by atoms with van der Waals surface area (Å²) >= 11 is 0. The van der Waals surface area contributed by atoms with Crippen LogP contribution in [0.5, 0.6) is 0 Å². The van der Waals surface area contributed by atoms with Crippen molar-refractivity contribution >= 4 is 17.9 Å². The van der Waals surface area contributed by atoms with E-state index >= 15 is 0 Å². The maximum atomic E-state index is 12.9. The van der Waals surface area contributed by atoms with Gasteiger partial charge in [-0.1, -0.05) is 380 Å². The smallest absolute Gasteiger partial charge is 0.306 e. The lowest BCUT2D eigenvalue weighted by Gasteiger charge is -2.18. The number of unbranched alkanes of at least 4 members (excludes halogenated alkanes) is 56. The maximum absolute atomic E-state index is 12.9. The molecule has 0 aliphatic heterocycles. The molecule has 0 spiro atoms. The van der Waals surface area contributed by atoms with Crippen molar-refractivity contribution in [1.29, 1.82) is 0 Å². The highest BCUT2D eigenvalue weighted by atomic mass is 16.6. The number of carbonyl (C=O) groups is 3. The van der Waals surface area contributed by atoms with Crippen LogP contribution >= 0.6 is 0 Å². The van der Waals surface area contributed by atoms with E-state index in [1.165, 1.54) is 321 Å². The summed E-state index contributed by atoms with van der Waals surface area (Å²) < 4.78 is 17.0. The van der Waals surface area contributed by atoms with Crippen LogP contribution in [0, 0.1) is 0 Å². The van der Waals surface area contributed by atoms with E-state index < -0.39 is 6.10 Å². The van der Waals surface area contributed by atoms with Gasteiger partial charge in [0.1, 0.15) is 13.2 Å². The van der Waals surface area contributed by atoms with E-state index in [1.807, 2.05) is 0 Å². The molecule has 0 rings (SSSR count). The zero-order valence-corrected chi connectivity index (χ0v) is 52.8. The summed E-state index contributed by atoms with van der Waals surface area (Å²) in [4.78, 5) is 38.4. The van der Waals surface area contributed by atoms with Crippen molar-refractivity contribution < 1.29 is 28.6 Å². The minimum absolute atomic E-state index is 0.0601. The lowest BCUT2D eigenvalue weighted by Crippen LogP contribution is -2.30. The number of hydrogen-bond donors (Lipinski definition) is 0. The number of carbonyl (C=O) groups excluding carboxylic acids is 3. The molecule has 0 N–H and O–H groups in total. The Morgan fingerprint density at radius 2 is 0.351 bits per heavy atom. The number of rotatable bonds is 67. The highest BCUT2D eigenvalue weighted by molar-refractivity contribution is 5.71. The van der Waals surface area contributed by atoms with E-state index in [-0.39, 0.29) is 31.1 Å². The molecular formula is C71H138O6. The molecule has 0 aliphatic carbocycles. The summed E-state index contributed by atoms with van der Waals surface area (Å²) in [5.41, 5.74) is 0. The van der Waals surface area contributed by atoms with E-state index in [0.29, 0.717) is 19.3 Å². The Morgan fingerprint density at radius 1 is 0.208 bits per heavy atom. The molecule has 0 amide bonds. The van der Waals surface area contributed by atoms with Crippen LogP contribution < -0.4 is 0 Å². The first kappa shape index (κ1) is 75.4. The molecule has 1 unspecified atom stereocenters. The second-order valence-corrected chi connectivity index (χ2v) is 24.5. The predicted octanol–water partition coefficient (Wildman–Crippen LogP) is 24.2. The van der Waals surface area contributed by atoms with Gasteiger partial charge in [0.05, 0.1) is 0 Å². The van der Waals surface area contributed by atoms with Crippen molar-refractivity contribution in [2.75, 3.05) is 13.2 Å². The molecule has 0 aromatic carbocycles. The Balaban J connectivity index is 4.21. The van der Waals surface area contributed by atoms with Gasteiger partial charge in [-0.15, -0.1) is 0 Å². The highest BCUT2D eigenvalue weighted by Crippen LogP contribution is 2.19. The molecule has 0 aromatic rings. The van der Waals surface area contributed by atoms with Crippen LogP contribution in [0.25, 0.3) is 0 Å². The number of esters is 3. The number of hydrogen-bond acceptors (Lipinski definition) is 6. The minimum atomic E-state index is -0.763. The van der Waals surface area contributed by atoms with Gasteiger partial charge in [-0.2, -0.15) is 0 Å². The summed E-state index contributed by atoms with van der Waals surface area (Å²) in [5, 5.41) is 0. The van der Waals surface area contributed by atoms with E-state index in [1.54, 1.807) is 0 Å². The van der Waals surface area contributed by atoms with Crippen LogP contribution in [-0.2, 0) is 28.6 Å². The van der Waals surface area contributed by atoms with Crippen LogP contribution in [0.1, 0.15) is 419 Å². The monoisotopic (exact) mass is 1090 g/mol. The molecule has 0 saturated heterocycles.